The van der Waals surface area contributed by atoms with Crippen molar-refractivity contribution in [2.45, 2.75) is 39.7 Å². The van der Waals surface area contributed by atoms with Crippen molar-refractivity contribution in [3.63, 3.8) is 0 Å². The van der Waals surface area contributed by atoms with Gasteiger partial charge in [0.1, 0.15) is 6.04 Å². The van der Waals surface area contributed by atoms with Gasteiger partial charge < -0.3 is 5.32 Å². The first-order valence-electron chi connectivity index (χ1n) is 8.03. The van der Waals surface area contributed by atoms with E-state index >= 15 is 0 Å². The van der Waals surface area contributed by atoms with Crippen molar-refractivity contribution in [3.05, 3.63) is 29.5 Å². The van der Waals surface area contributed by atoms with Crippen molar-refractivity contribution in [2.24, 2.45) is 7.05 Å². The number of hydrogen-bond acceptors (Lipinski definition) is 4. The van der Waals surface area contributed by atoms with E-state index in [1.807, 2.05) is 26.8 Å². The molecule has 1 aromatic heterocycles. The number of nitrogens with zero attached hydrogens (tertiary/aromatic N) is 2. The fraction of sp³-hybridized carbons (Fsp3) is 0.412. The largest absolute Gasteiger partial charge is 0.340 e. The van der Waals surface area contributed by atoms with Crippen LogP contribution >= 0.6 is 0 Å². The lowest BCUT2D eigenvalue weighted by Gasteiger charge is -2.22. The van der Waals surface area contributed by atoms with Crippen LogP contribution in [0.15, 0.2) is 18.3 Å². The monoisotopic (exact) mass is 330 g/mol. The van der Waals surface area contributed by atoms with Gasteiger partial charge in [-0.3, -0.25) is 24.4 Å². The van der Waals surface area contributed by atoms with Gasteiger partial charge in [-0.2, -0.15) is 5.10 Å². The first-order chi connectivity index (χ1) is 11.5. The highest BCUT2D eigenvalue weighted by atomic mass is 16.2. The van der Waals surface area contributed by atoms with Gasteiger partial charge in [0, 0.05) is 18.9 Å². The zero-order chi connectivity index (χ0) is 17.9. The van der Waals surface area contributed by atoms with Crippen molar-refractivity contribution in [1.29, 1.82) is 0 Å². The number of imide groups is 1. The van der Waals surface area contributed by atoms with E-state index in [1.54, 1.807) is 24.0 Å². The number of amides is 3. The molecule has 0 saturated carbocycles. The maximum absolute atomic E-state index is 12.5. The lowest BCUT2D eigenvalue weighted by molar-refractivity contribution is -0.134. The van der Waals surface area contributed by atoms with E-state index in [2.05, 4.69) is 15.7 Å². The maximum atomic E-state index is 12.5. The summed E-state index contributed by atoms with van der Waals surface area (Å²) >= 11 is 0. The second kappa shape index (κ2) is 7.25. The van der Waals surface area contributed by atoms with E-state index in [0.717, 1.165) is 16.5 Å². The highest BCUT2D eigenvalue weighted by molar-refractivity contribution is 6.09. The predicted molar refractivity (Wildman–Crippen MR) is 90.4 cm³/mol. The Bertz CT molecular complexity index is 794. The Labute approximate surface area is 140 Å². The van der Waals surface area contributed by atoms with Gasteiger partial charge in [-0.1, -0.05) is 19.9 Å². The van der Waals surface area contributed by atoms with Gasteiger partial charge in [0.2, 0.25) is 11.8 Å². The molecule has 1 unspecified atom stereocenters. The molecular formula is C17H22N4O3. The minimum Gasteiger partial charge on any atom is -0.340 e. The number of fused-ring (bicyclic) bond motifs is 1. The number of rotatable bonds is 2. The van der Waals surface area contributed by atoms with Crippen molar-refractivity contribution >= 4 is 28.6 Å². The second-order valence-corrected chi connectivity index (χ2v) is 5.44. The number of benzene rings is 1. The molecule has 0 aliphatic carbocycles. The topological polar surface area (TPSA) is 93.1 Å². The van der Waals surface area contributed by atoms with Gasteiger partial charge in [0.15, 0.2) is 0 Å². The number of aryl methyl sites for hydroxylation is 2. The Morgan fingerprint density at radius 1 is 1.33 bits per heavy atom. The second-order valence-electron chi connectivity index (χ2n) is 5.44. The molecule has 7 nitrogen and oxygen atoms in total. The van der Waals surface area contributed by atoms with Crippen LogP contribution in [0.25, 0.3) is 10.9 Å². The molecule has 3 rings (SSSR count). The quantitative estimate of drug-likeness (QED) is 0.815. The molecule has 128 valence electrons. The fourth-order valence-corrected chi connectivity index (χ4v) is 2.67. The molecule has 7 heteroatoms. The number of aromatic nitrogens is 2. The molecule has 1 fully saturated rings. The van der Waals surface area contributed by atoms with Crippen LogP contribution < -0.4 is 10.6 Å². The molecule has 3 amide bonds. The molecule has 2 heterocycles. The van der Waals surface area contributed by atoms with Crippen LogP contribution in [0.1, 0.15) is 42.6 Å². The summed E-state index contributed by atoms with van der Waals surface area (Å²) in [5.41, 5.74) is 2.22. The molecule has 0 radical (unpaired) electrons. The van der Waals surface area contributed by atoms with E-state index in [0.29, 0.717) is 12.0 Å². The van der Waals surface area contributed by atoms with Gasteiger partial charge in [-0.25, -0.2) is 0 Å². The predicted octanol–water partition coefficient (Wildman–Crippen LogP) is 1.44. The Hall–Kier alpha value is -2.70. The maximum Gasteiger partial charge on any atom is 0.254 e. The first-order valence-corrected chi connectivity index (χ1v) is 8.03. The average Bonchev–Trinajstić information content (AvgIpc) is 2.95. The number of carbonyl (C=O) groups excluding carboxylic acids is 3. The molecule has 0 spiro atoms. The minimum absolute atomic E-state index is 0.228. The molecule has 1 atom stereocenters. The summed E-state index contributed by atoms with van der Waals surface area (Å²) in [6.07, 6.45) is 2.26. The summed E-state index contributed by atoms with van der Waals surface area (Å²) in [6.45, 7) is 5.95. The first kappa shape index (κ1) is 17.7. The van der Waals surface area contributed by atoms with E-state index in [4.69, 9.17) is 0 Å². The third-order valence-electron chi connectivity index (χ3n) is 3.91. The van der Waals surface area contributed by atoms with Gasteiger partial charge in [-0.05, 0) is 25.0 Å². The molecule has 0 bridgehead atoms. The third kappa shape index (κ3) is 3.29. The number of piperidine rings is 1. The van der Waals surface area contributed by atoms with Crippen molar-refractivity contribution in [2.75, 3.05) is 0 Å². The van der Waals surface area contributed by atoms with Crippen LogP contribution in [-0.4, -0.2) is 33.5 Å². The third-order valence-corrected chi connectivity index (χ3v) is 3.91. The number of carbonyl (C=O) groups is 3. The summed E-state index contributed by atoms with van der Waals surface area (Å²) in [5, 5.41) is 10.0. The SMILES string of the molecule is CC.Cc1ccc(C(=O)NC2CCC(=O)NC2=O)c2c1cnn2C. The van der Waals surface area contributed by atoms with E-state index < -0.39 is 11.9 Å². The van der Waals surface area contributed by atoms with E-state index in [9.17, 15) is 14.4 Å². The van der Waals surface area contributed by atoms with Crippen molar-refractivity contribution in [1.82, 2.24) is 20.4 Å². The van der Waals surface area contributed by atoms with Gasteiger partial charge in [0.25, 0.3) is 5.91 Å². The van der Waals surface area contributed by atoms with Crippen LogP contribution in [0.3, 0.4) is 0 Å². The zero-order valence-corrected chi connectivity index (χ0v) is 14.3. The normalized spacial score (nSPS) is 17.1. The smallest absolute Gasteiger partial charge is 0.254 e. The van der Waals surface area contributed by atoms with Crippen LogP contribution in [0.5, 0.6) is 0 Å². The van der Waals surface area contributed by atoms with Crippen LogP contribution in [-0.2, 0) is 16.6 Å². The Balaban J connectivity index is 0.00000100. The van der Waals surface area contributed by atoms with Gasteiger partial charge in [-0.15, -0.1) is 0 Å². The van der Waals surface area contributed by atoms with Crippen LogP contribution in [0.2, 0.25) is 0 Å². The Morgan fingerprint density at radius 2 is 2.04 bits per heavy atom. The summed E-state index contributed by atoms with van der Waals surface area (Å²) < 4.78 is 1.64. The molecule has 24 heavy (non-hydrogen) atoms. The number of hydrogen-bond donors (Lipinski definition) is 2. The molecule has 1 aliphatic heterocycles. The highest BCUT2D eigenvalue weighted by Gasteiger charge is 2.28. The Kier molecular flexibility index (Phi) is 5.33. The molecular weight excluding hydrogens is 308 g/mol. The van der Waals surface area contributed by atoms with Crippen molar-refractivity contribution < 1.29 is 14.4 Å². The molecule has 2 N–H and O–H groups in total. The van der Waals surface area contributed by atoms with Gasteiger partial charge >= 0.3 is 0 Å². The Morgan fingerprint density at radius 3 is 2.71 bits per heavy atom. The van der Waals surface area contributed by atoms with Crippen molar-refractivity contribution in [3.8, 4) is 0 Å². The van der Waals surface area contributed by atoms with Gasteiger partial charge in [0.05, 0.1) is 17.3 Å². The summed E-state index contributed by atoms with van der Waals surface area (Å²) in [7, 11) is 1.77. The van der Waals surface area contributed by atoms with Crippen LogP contribution in [0.4, 0.5) is 0 Å². The molecule has 1 aliphatic rings. The average molecular weight is 330 g/mol. The van der Waals surface area contributed by atoms with E-state index in [1.165, 1.54) is 0 Å². The van der Waals surface area contributed by atoms with E-state index in [-0.39, 0.29) is 18.2 Å². The summed E-state index contributed by atoms with van der Waals surface area (Å²) in [6, 6.07) is 2.89. The lowest BCUT2D eigenvalue weighted by atomic mass is 10.0. The highest BCUT2D eigenvalue weighted by Crippen LogP contribution is 2.22. The minimum atomic E-state index is -0.685. The lowest BCUT2D eigenvalue weighted by Crippen LogP contribution is -2.52. The number of nitrogens with one attached hydrogen (secondary N) is 2. The molecule has 1 aromatic carbocycles. The fourth-order valence-electron chi connectivity index (χ4n) is 2.67. The standard InChI is InChI=1S/C15H16N4O3.C2H6/c1-8-3-4-9(13-10(8)7-16-19(13)2)14(21)17-11-5-6-12(20)18-15(11)22;1-2/h3-4,7,11H,5-6H2,1-2H3,(H,17,21)(H,18,20,22);1-2H3. The van der Waals surface area contributed by atoms with Crippen LogP contribution in [0, 0.1) is 6.92 Å². The zero-order valence-electron chi connectivity index (χ0n) is 14.3. The molecule has 2 aromatic rings. The molecule has 1 saturated heterocycles. The summed E-state index contributed by atoms with van der Waals surface area (Å²) in [4.78, 5) is 35.4. The summed E-state index contributed by atoms with van der Waals surface area (Å²) in [5.74, 6) is -1.11.